The van der Waals surface area contributed by atoms with Crippen LogP contribution >= 0.6 is 0 Å². The van der Waals surface area contributed by atoms with Gasteiger partial charge in [-0.15, -0.1) is 0 Å². The van der Waals surface area contributed by atoms with Crippen LogP contribution < -0.4 is 4.90 Å². The van der Waals surface area contributed by atoms with E-state index in [0.717, 1.165) is 94.3 Å². The van der Waals surface area contributed by atoms with Crippen LogP contribution in [-0.2, 0) is 0 Å². The Bertz CT molecular complexity index is 3810. The van der Waals surface area contributed by atoms with Crippen molar-refractivity contribution in [2.24, 2.45) is 0 Å². The summed E-state index contributed by atoms with van der Waals surface area (Å²) in [4.78, 5) is 2.39. The predicted octanol–water partition coefficient (Wildman–Crippen LogP) is 16.5. The van der Waals surface area contributed by atoms with Crippen LogP contribution in [-0.4, -0.2) is 4.57 Å². The highest BCUT2D eigenvalue weighted by Gasteiger charge is 2.22. The summed E-state index contributed by atoms with van der Waals surface area (Å²) in [6, 6.07) is 78.1. The summed E-state index contributed by atoms with van der Waals surface area (Å²) in [5.41, 5.74) is 14.7. The van der Waals surface area contributed by atoms with Gasteiger partial charge in [-0.05, 0) is 118 Å². The quantitative estimate of drug-likeness (QED) is 0.168. The highest BCUT2D eigenvalue weighted by molar-refractivity contribution is 6.17. The van der Waals surface area contributed by atoms with Crippen LogP contribution in [0.5, 0.6) is 0 Å². The Hall–Kier alpha value is -8.34. The molecule has 4 nitrogen and oxygen atoms in total. The number of hydrogen-bond acceptors (Lipinski definition) is 3. The Morgan fingerprint density at radius 2 is 0.903 bits per heavy atom. The summed E-state index contributed by atoms with van der Waals surface area (Å²) in [7, 11) is 0. The maximum atomic E-state index is 6.58. The SMILES string of the molecule is c1ccc(N(c2ccc(-c3ccc4oc5ccccc5c4c3)cc2)c2ccc(-n3c4ccccc4c4ccccc43)cc2)c(-c2cccc3oc4cc5ccccc5cc4c23)c1. The maximum absolute atomic E-state index is 6.58. The van der Waals surface area contributed by atoms with Crippen molar-refractivity contribution in [2.75, 3.05) is 4.90 Å². The van der Waals surface area contributed by atoms with E-state index in [9.17, 15) is 0 Å². The molecule has 62 heavy (non-hydrogen) atoms. The molecule has 3 aromatic heterocycles. The lowest BCUT2D eigenvalue weighted by Crippen LogP contribution is -2.11. The molecule has 3 heterocycles. The molecule has 0 radical (unpaired) electrons. The molecule has 0 unspecified atom stereocenters. The molecular weight excluding hydrogens is 757 g/mol. The molecule has 290 valence electrons. The van der Waals surface area contributed by atoms with Gasteiger partial charge in [0, 0.05) is 54.9 Å². The van der Waals surface area contributed by atoms with Gasteiger partial charge in [0.2, 0.25) is 0 Å². The lowest BCUT2D eigenvalue weighted by Gasteiger charge is -2.28. The van der Waals surface area contributed by atoms with E-state index < -0.39 is 0 Å². The fourth-order valence-electron chi connectivity index (χ4n) is 9.72. The van der Waals surface area contributed by atoms with Crippen molar-refractivity contribution in [3.8, 4) is 27.9 Å². The van der Waals surface area contributed by atoms with E-state index >= 15 is 0 Å². The summed E-state index contributed by atoms with van der Waals surface area (Å²) in [6.07, 6.45) is 0. The van der Waals surface area contributed by atoms with E-state index in [2.05, 4.69) is 216 Å². The van der Waals surface area contributed by atoms with Crippen LogP contribution in [0.2, 0.25) is 0 Å². The zero-order valence-corrected chi connectivity index (χ0v) is 33.5. The first kappa shape index (κ1) is 34.5. The smallest absolute Gasteiger partial charge is 0.136 e. The zero-order valence-electron chi connectivity index (χ0n) is 33.5. The van der Waals surface area contributed by atoms with E-state index in [0.29, 0.717) is 0 Å². The van der Waals surface area contributed by atoms with E-state index in [-0.39, 0.29) is 0 Å². The third-order valence-electron chi connectivity index (χ3n) is 12.6. The molecule has 0 saturated heterocycles. The minimum Gasteiger partial charge on any atom is -0.456 e. The largest absolute Gasteiger partial charge is 0.456 e. The molecule has 10 aromatic carbocycles. The Kier molecular flexibility index (Phi) is 7.57. The Balaban J connectivity index is 0.985. The molecule has 0 aliphatic rings. The number of rotatable bonds is 6. The molecule has 0 bridgehead atoms. The Morgan fingerprint density at radius 1 is 0.339 bits per heavy atom. The second-order valence-corrected chi connectivity index (χ2v) is 16.1. The highest BCUT2D eigenvalue weighted by Crippen LogP contribution is 2.46. The first-order valence-corrected chi connectivity index (χ1v) is 21.1. The van der Waals surface area contributed by atoms with Crippen LogP contribution in [0, 0.1) is 0 Å². The molecule has 0 spiro atoms. The number of fused-ring (bicyclic) bond motifs is 10. The fraction of sp³-hybridized carbons (Fsp3) is 0. The molecular formula is C58H36N2O2. The maximum Gasteiger partial charge on any atom is 0.136 e. The minimum atomic E-state index is 0.872. The number of benzene rings is 10. The van der Waals surface area contributed by atoms with Crippen LogP contribution in [0.15, 0.2) is 227 Å². The highest BCUT2D eigenvalue weighted by atomic mass is 16.3. The molecule has 0 atom stereocenters. The van der Waals surface area contributed by atoms with Crippen molar-refractivity contribution in [1.82, 2.24) is 4.57 Å². The molecule has 13 rings (SSSR count). The van der Waals surface area contributed by atoms with Crippen molar-refractivity contribution in [1.29, 1.82) is 0 Å². The Morgan fingerprint density at radius 3 is 1.68 bits per heavy atom. The molecule has 0 fully saturated rings. The second kappa shape index (κ2) is 13.6. The lowest BCUT2D eigenvalue weighted by molar-refractivity contribution is 0.669. The predicted molar refractivity (Wildman–Crippen MR) is 258 cm³/mol. The van der Waals surface area contributed by atoms with Crippen molar-refractivity contribution in [3.63, 3.8) is 0 Å². The number of anilines is 3. The molecule has 0 N–H and O–H groups in total. The van der Waals surface area contributed by atoms with Gasteiger partial charge in [-0.2, -0.15) is 0 Å². The number of furan rings is 2. The Labute approximate surface area is 356 Å². The normalized spacial score (nSPS) is 11.9. The average molecular weight is 793 g/mol. The molecule has 0 aliphatic carbocycles. The monoisotopic (exact) mass is 792 g/mol. The van der Waals surface area contributed by atoms with Gasteiger partial charge in [0.15, 0.2) is 0 Å². The second-order valence-electron chi connectivity index (χ2n) is 16.1. The standard InChI is InChI=1S/C58H36N2O2/c1-2-13-39-36-57-50(35-38(39)12-1)58-48(18-11-23-56(58)62-57)46-16-5-7-19-51(46)59(41-27-24-37(25-28-41)40-26-33-55-49(34-40)47-17-6-10-22-54(47)61-55)42-29-31-43(32-30-42)60-52-20-8-3-14-44(52)45-15-4-9-21-53(45)60/h1-36H. The molecule has 0 amide bonds. The van der Waals surface area contributed by atoms with E-state index in [4.69, 9.17) is 8.83 Å². The van der Waals surface area contributed by atoms with Crippen LogP contribution in [0.25, 0.3) is 104 Å². The number of para-hydroxylation sites is 4. The van der Waals surface area contributed by atoms with Gasteiger partial charge in [0.05, 0.1) is 16.7 Å². The zero-order chi connectivity index (χ0) is 40.7. The summed E-state index contributed by atoms with van der Waals surface area (Å²) >= 11 is 0. The van der Waals surface area contributed by atoms with Crippen molar-refractivity contribution in [2.45, 2.75) is 0 Å². The summed E-state index contributed by atoms with van der Waals surface area (Å²) < 4.78 is 15.1. The van der Waals surface area contributed by atoms with Gasteiger partial charge < -0.3 is 18.3 Å². The van der Waals surface area contributed by atoms with Gasteiger partial charge in [-0.25, -0.2) is 0 Å². The van der Waals surface area contributed by atoms with Gasteiger partial charge in [0.25, 0.3) is 0 Å². The number of hydrogen-bond donors (Lipinski definition) is 0. The molecule has 13 aromatic rings. The average Bonchev–Trinajstić information content (AvgIpc) is 4.01. The third-order valence-corrected chi connectivity index (χ3v) is 12.6. The van der Waals surface area contributed by atoms with Crippen molar-refractivity contribution >= 4 is 93.5 Å². The third kappa shape index (κ3) is 5.33. The first-order chi connectivity index (χ1) is 30.7. The van der Waals surface area contributed by atoms with Crippen LogP contribution in [0.4, 0.5) is 17.1 Å². The van der Waals surface area contributed by atoms with Crippen LogP contribution in [0.3, 0.4) is 0 Å². The minimum absolute atomic E-state index is 0.872. The van der Waals surface area contributed by atoms with E-state index in [1.165, 1.54) is 27.2 Å². The van der Waals surface area contributed by atoms with Crippen molar-refractivity contribution < 1.29 is 8.83 Å². The molecule has 0 saturated carbocycles. The lowest BCUT2D eigenvalue weighted by atomic mass is 9.96. The van der Waals surface area contributed by atoms with E-state index in [1.807, 2.05) is 12.1 Å². The van der Waals surface area contributed by atoms with Crippen molar-refractivity contribution in [3.05, 3.63) is 218 Å². The molecule has 4 heteroatoms. The van der Waals surface area contributed by atoms with Crippen LogP contribution in [0.1, 0.15) is 0 Å². The van der Waals surface area contributed by atoms with Gasteiger partial charge >= 0.3 is 0 Å². The topological polar surface area (TPSA) is 34.5 Å². The number of aromatic nitrogens is 1. The van der Waals surface area contributed by atoms with Gasteiger partial charge in [-0.3, -0.25) is 0 Å². The summed E-state index contributed by atoms with van der Waals surface area (Å²) in [6.45, 7) is 0. The first-order valence-electron chi connectivity index (χ1n) is 21.1. The van der Waals surface area contributed by atoms with Gasteiger partial charge in [-0.1, -0.05) is 127 Å². The summed E-state index contributed by atoms with van der Waals surface area (Å²) in [5.74, 6) is 0. The molecule has 0 aliphatic heterocycles. The fourth-order valence-corrected chi connectivity index (χ4v) is 9.72. The summed E-state index contributed by atoms with van der Waals surface area (Å²) in [5, 5.41) is 9.32. The van der Waals surface area contributed by atoms with E-state index in [1.54, 1.807) is 0 Å². The van der Waals surface area contributed by atoms with Gasteiger partial charge in [0.1, 0.15) is 22.3 Å². The number of nitrogens with zero attached hydrogens (tertiary/aromatic N) is 2.